The maximum Gasteiger partial charge on any atom is 0.317 e. The summed E-state index contributed by atoms with van der Waals surface area (Å²) < 4.78 is 1.26. The monoisotopic (exact) mass is 372 g/mol. The lowest BCUT2D eigenvalue weighted by Gasteiger charge is -2.35. The summed E-state index contributed by atoms with van der Waals surface area (Å²) in [5, 5.41) is 4.33. The van der Waals surface area contributed by atoms with Crippen molar-refractivity contribution in [3.63, 3.8) is 0 Å². The standard InChI is InChI=1S/C20H28N4OS/c1-2-15-7-6-10-17-18(15)22-20(26-17)24-13-11-23(12-14-24)19(25)21-16-8-4-3-5-9-16/h6-7,10,16H,2-5,8-9,11-14H2,1H3,(H,21,25). The lowest BCUT2D eigenvalue weighted by atomic mass is 9.96. The number of piperazine rings is 1. The summed E-state index contributed by atoms with van der Waals surface area (Å²) >= 11 is 1.77. The topological polar surface area (TPSA) is 48.5 Å². The summed E-state index contributed by atoms with van der Waals surface area (Å²) in [5.74, 6) is 0. The minimum absolute atomic E-state index is 0.120. The molecule has 6 heteroatoms. The molecule has 1 saturated heterocycles. The zero-order valence-corrected chi connectivity index (χ0v) is 16.4. The largest absolute Gasteiger partial charge is 0.345 e. The Bertz CT molecular complexity index is 760. The van der Waals surface area contributed by atoms with Crippen molar-refractivity contribution >= 4 is 32.7 Å². The van der Waals surface area contributed by atoms with Crippen molar-refractivity contribution in [2.24, 2.45) is 0 Å². The number of carbonyl (C=O) groups is 1. The van der Waals surface area contributed by atoms with E-state index in [-0.39, 0.29) is 6.03 Å². The number of amides is 2. The number of nitrogens with zero attached hydrogens (tertiary/aromatic N) is 3. The number of aromatic nitrogens is 1. The highest BCUT2D eigenvalue weighted by Crippen LogP contribution is 2.31. The summed E-state index contributed by atoms with van der Waals surface area (Å²) in [7, 11) is 0. The summed E-state index contributed by atoms with van der Waals surface area (Å²) in [5.41, 5.74) is 2.46. The van der Waals surface area contributed by atoms with Crippen LogP contribution in [0.1, 0.15) is 44.6 Å². The van der Waals surface area contributed by atoms with Crippen molar-refractivity contribution < 1.29 is 4.79 Å². The molecule has 2 amide bonds. The first-order valence-electron chi connectivity index (χ1n) is 9.93. The van der Waals surface area contributed by atoms with Crippen LogP contribution < -0.4 is 10.2 Å². The third kappa shape index (κ3) is 3.65. The second-order valence-electron chi connectivity index (χ2n) is 7.37. The first kappa shape index (κ1) is 17.6. The fourth-order valence-corrected chi connectivity index (χ4v) is 5.09. The first-order valence-corrected chi connectivity index (χ1v) is 10.7. The Labute approximate surface area is 159 Å². The average molecular weight is 373 g/mol. The van der Waals surface area contributed by atoms with E-state index in [0.29, 0.717) is 6.04 Å². The third-order valence-corrected chi connectivity index (χ3v) is 6.72. The van der Waals surface area contributed by atoms with E-state index in [0.717, 1.165) is 56.1 Å². The van der Waals surface area contributed by atoms with Gasteiger partial charge < -0.3 is 15.1 Å². The molecule has 140 valence electrons. The van der Waals surface area contributed by atoms with Gasteiger partial charge in [0.15, 0.2) is 5.13 Å². The molecule has 26 heavy (non-hydrogen) atoms. The molecule has 1 aliphatic carbocycles. The van der Waals surface area contributed by atoms with Crippen LogP contribution in [0.3, 0.4) is 0 Å². The van der Waals surface area contributed by atoms with Crippen LogP contribution in [0, 0.1) is 0 Å². The van der Waals surface area contributed by atoms with Gasteiger partial charge in [0.05, 0.1) is 10.2 Å². The number of rotatable bonds is 3. The highest BCUT2D eigenvalue weighted by atomic mass is 32.1. The Balaban J connectivity index is 1.36. The SMILES string of the molecule is CCc1cccc2sc(N3CCN(C(=O)NC4CCCCC4)CC3)nc12. The number of benzene rings is 1. The number of hydrogen-bond donors (Lipinski definition) is 1. The molecule has 0 radical (unpaired) electrons. The molecule has 1 aliphatic heterocycles. The van der Waals surface area contributed by atoms with Crippen molar-refractivity contribution in [1.82, 2.24) is 15.2 Å². The average Bonchev–Trinajstić information content (AvgIpc) is 3.13. The number of thiazole rings is 1. The van der Waals surface area contributed by atoms with Crippen LogP contribution in [0.4, 0.5) is 9.93 Å². The minimum Gasteiger partial charge on any atom is -0.345 e. The Morgan fingerprint density at radius 1 is 1.19 bits per heavy atom. The molecule has 5 nitrogen and oxygen atoms in total. The number of carbonyl (C=O) groups excluding carboxylic acids is 1. The van der Waals surface area contributed by atoms with Crippen molar-refractivity contribution in [3.8, 4) is 0 Å². The second-order valence-corrected chi connectivity index (χ2v) is 8.38. The molecule has 2 fully saturated rings. The van der Waals surface area contributed by atoms with Crippen molar-refractivity contribution in [3.05, 3.63) is 23.8 Å². The number of para-hydroxylation sites is 1. The number of hydrogen-bond acceptors (Lipinski definition) is 4. The molecule has 4 rings (SSSR count). The van der Waals surface area contributed by atoms with E-state index in [4.69, 9.17) is 4.98 Å². The highest BCUT2D eigenvalue weighted by Gasteiger charge is 2.25. The van der Waals surface area contributed by atoms with Gasteiger partial charge in [-0.05, 0) is 30.9 Å². The van der Waals surface area contributed by atoms with E-state index in [2.05, 4.69) is 35.3 Å². The molecule has 1 aromatic heterocycles. The van der Waals surface area contributed by atoms with E-state index < -0.39 is 0 Å². The maximum atomic E-state index is 12.5. The zero-order valence-electron chi connectivity index (χ0n) is 15.5. The molecule has 0 atom stereocenters. The summed E-state index contributed by atoms with van der Waals surface area (Å²) in [6.45, 7) is 5.44. The van der Waals surface area contributed by atoms with Gasteiger partial charge in [0, 0.05) is 32.2 Å². The normalized spacial score (nSPS) is 19.1. The van der Waals surface area contributed by atoms with Crippen molar-refractivity contribution in [1.29, 1.82) is 0 Å². The van der Waals surface area contributed by atoms with Crippen LogP contribution in [0.5, 0.6) is 0 Å². The number of anilines is 1. The van der Waals surface area contributed by atoms with Gasteiger partial charge in [0.25, 0.3) is 0 Å². The molecular formula is C20H28N4OS. The number of fused-ring (bicyclic) bond motifs is 1. The zero-order chi connectivity index (χ0) is 17.9. The van der Waals surface area contributed by atoms with Crippen LogP contribution in [-0.4, -0.2) is 48.1 Å². The highest BCUT2D eigenvalue weighted by molar-refractivity contribution is 7.22. The summed E-state index contributed by atoms with van der Waals surface area (Å²) in [6.07, 6.45) is 7.09. The molecular weight excluding hydrogens is 344 g/mol. The Kier molecular flexibility index (Phi) is 5.29. The third-order valence-electron chi connectivity index (χ3n) is 5.64. The van der Waals surface area contributed by atoms with Gasteiger partial charge in [0.2, 0.25) is 0 Å². The van der Waals surface area contributed by atoms with E-state index in [9.17, 15) is 4.79 Å². The number of urea groups is 1. The fraction of sp³-hybridized carbons (Fsp3) is 0.600. The molecule has 2 aromatic rings. The lowest BCUT2D eigenvalue weighted by molar-refractivity contribution is 0.186. The van der Waals surface area contributed by atoms with E-state index in [1.54, 1.807) is 11.3 Å². The van der Waals surface area contributed by atoms with Crippen molar-refractivity contribution in [2.45, 2.75) is 51.5 Å². The van der Waals surface area contributed by atoms with Gasteiger partial charge >= 0.3 is 6.03 Å². The predicted molar refractivity (Wildman–Crippen MR) is 108 cm³/mol. The van der Waals surface area contributed by atoms with Crippen LogP contribution in [0.2, 0.25) is 0 Å². The van der Waals surface area contributed by atoms with Gasteiger partial charge in [-0.15, -0.1) is 0 Å². The second kappa shape index (κ2) is 7.82. The van der Waals surface area contributed by atoms with Crippen LogP contribution in [-0.2, 0) is 6.42 Å². The van der Waals surface area contributed by atoms with E-state index >= 15 is 0 Å². The summed E-state index contributed by atoms with van der Waals surface area (Å²) in [4.78, 5) is 21.7. The van der Waals surface area contributed by atoms with Gasteiger partial charge in [-0.1, -0.05) is 49.7 Å². The molecule has 1 aromatic carbocycles. The van der Waals surface area contributed by atoms with Crippen LogP contribution in [0.25, 0.3) is 10.2 Å². The summed E-state index contributed by atoms with van der Waals surface area (Å²) in [6, 6.07) is 6.94. The van der Waals surface area contributed by atoms with Crippen LogP contribution in [0.15, 0.2) is 18.2 Å². The Morgan fingerprint density at radius 2 is 1.96 bits per heavy atom. The maximum absolute atomic E-state index is 12.5. The fourth-order valence-electron chi connectivity index (χ4n) is 4.03. The molecule has 0 bridgehead atoms. The predicted octanol–water partition coefficient (Wildman–Crippen LogP) is 4.02. The Morgan fingerprint density at radius 3 is 2.69 bits per heavy atom. The van der Waals surface area contributed by atoms with Crippen LogP contribution >= 0.6 is 11.3 Å². The molecule has 0 unspecified atom stereocenters. The number of nitrogens with one attached hydrogen (secondary N) is 1. The molecule has 2 heterocycles. The van der Waals surface area contributed by atoms with Gasteiger partial charge in [-0.25, -0.2) is 9.78 Å². The smallest absolute Gasteiger partial charge is 0.317 e. The lowest BCUT2D eigenvalue weighted by Crippen LogP contribution is -2.53. The number of aryl methyl sites for hydroxylation is 1. The molecule has 1 N–H and O–H groups in total. The van der Waals surface area contributed by atoms with E-state index in [1.807, 2.05) is 4.90 Å². The first-order chi connectivity index (χ1) is 12.7. The Hall–Kier alpha value is -1.82. The molecule has 2 aliphatic rings. The molecule has 1 saturated carbocycles. The minimum atomic E-state index is 0.120. The van der Waals surface area contributed by atoms with E-state index in [1.165, 1.54) is 29.5 Å². The molecule has 0 spiro atoms. The van der Waals surface area contributed by atoms with Gasteiger partial charge in [-0.2, -0.15) is 0 Å². The van der Waals surface area contributed by atoms with Gasteiger partial charge in [0.1, 0.15) is 0 Å². The quantitative estimate of drug-likeness (QED) is 0.885. The van der Waals surface area contributed by atoms with Crippen molar-refractivity contribution in [2.75, 3.05) is 31.1 Å². The van der Waals surface area contributed by atoms with Gasteiger partial charge in [-0.3, -0.25) is 0 Å².